The van der Waals surface area contributed by atoms with E-state index in [-0.39, 0.29) is 5.28 Å². The number of nitrogens with two attached hydrogens (primary N) is 1. The molecule has 0 saturated carbocycles. The van der Waals surface area contributed by atoms with E-state index in [1.54, 1.807) is 12.4 Å². The average Bonchev–Trinajstić information content (AvgIpc) is 2.15. The van der Waals surface area contributed by atoms with E-state index in [4.69, 9.17) is 17.3 Å². The van der Waals surface area contributed by atoms with E-state index in [1.165, 1.54) is 0 Å². The van der Waals surface area contributed by atoms with Crippen LogP contribution >= 0.6 is 11.6 Å². The second-order valence-electron chi connectivity index (χ2n) is 2.68. The molecule has 0 spiro atoms. The van der Waals surface area contributed by atoms with Crippen LogP contribution in [0.25, 0.3) is 0 Å². The lowest BCUT2D eigenvalue weighted by molar-refractivity contribution is 0.652. The minimum Gasteiger partial charge on any atom is -0.330 e. The molecule has 0 aliphatic heterocycles. The molecule has 0 aromatic carbocycles. The lowest BCUT2D eigenvalue weighted by Gasteiger charge is -2.02. The molecule has 0 atom stereocenters. The lowest BCUT2D eigenvalue weighted by Crippen LogP contribution is -2.17. The van der Waals surface area contributed by atoms with Gasteiger partial charge in [0, 0.05) is 24.5 Å². The van der Waals surface area contributed by atoms with Crippen LogP contribution in [0.2, 0.25) is 5.28 Å². The van der Waals surface area contributed by atoms with Gasteiger partial charge in [0.15, 0.2) is 0 Å². The number of nitrogens with zero attached hydrogens (tertiary/aromatic N) is 2. The fraction of sp³-hybridized carbons (Fsp3) is 0.500. The van der Waals surface area contributed by atoms with Gasteiger partial charge in [-0.15, -0.1) is 0 Å². The van der Waals surface area contributed by atoms with Crippen LogP contribution < -0.4 is 11.1 Å². The third kappa shape index (κ3) is 4.17. The molecule has 72 valence electrons. The Balaban J connectivity index is 2.25. The molecule has 0 unspecified atom stereocenters. The molecule has 1 aromatic rings. The van der Waals surface area contributed by atoms with E-state index >= 15 is 0 Å². The minimum absolute atomic E-state index is 0.283. The van der Waals surface area contributed by atoms with Crippen molar-refractivity contribution in [2.45, 2.75) is 13.0 Å². The molecule has 4 nitrogen and oxygen atoms in total. The second-order valence-corrected chi connectivity index (χ2v) is 3.02. The van der Waals surface area contributed by atoms with Crippen molar-refractivity contribution < 1.29 is 0 Å². The van der Waals surface area contributed by atoms with Gasteiger partial charge in [-0.2, -0.15) is 0 Å². The predicted molar refractivity (Wildman–Crippen MR) is 52.4 cm³/mol. The van der Waals surface area contributed by atoms with E-state index in [0.717, 1.165) is 25.1 Å². The van der Waals surface area contributed by atoms with Crippen molar-refractivity contribution in [1.82, 2.24) is 15.3 Å². The molecule has 1 heterocycles. The zero-order valence-corrected chi connectivity index (χ0v) is 8.09. The summed E-state index contributed by atoms with van der Waals surface area (Å²) in [6, 6.07) is 0. The Morgan fingerprint density at radius 2 is 2.08 bits per heavy atom. The maximum absolute atomic E-state index is 5.54. The Kier molecular flexibility index (Phi) is 4.67. The highest BCUT2D eigenvalue weighted by atomic mass is 35.5. The van der Waals surface area contributed by atoms with Gasteiger partial charge < -0.3 is 11.1 Å². The Labute approximate surface area is 82.5 Å². The van der Waals surface area contributed by atoms with Crippen LogP contribution in [-0.2, 0) is 6.54 Å². The fourth-order valence-electron chi connectivity index (χ4n) is 0.890. The van der Waals surface area contributed by atoms with Crippen LogP contribution in [-0.4, -0.2) is 23.1 Å². The Bertz CT molecular complexity index is 236. The zero-order valence-electron chi connectivity index (χ0n) is 7.33. The molecule has 0 fully saturated rings. The number of hydrogen-bond donors (Lipinski definition) is 2. The molecular weight excluding hydrogens is 188 g/mol. The summed E-state index contributed by atoms with van der Waals surface area (Å²) in [5, 5.41) is 3.50. The van der Waals surface area contributed by atoms with Crippen molar-refractivity contribution in [3.05, 3.63) is 23.2 Å². The summed E-state index contributed by atoms with van der Waals surface area (Å²) in [7, 11) is 0. The lowest BCUT2D eigenvalue weighted by atomic mass is 10.3. The van der Waals surface area contributed by atoms with Crippen molar-refractivity contribution in [1.29, 1.82) is 0 Å². The number of hydrogen-bond acceptors (Lipinski definition) is 4. The van der Waals surface area contributed by atoms with Crippen molar-refractivity contribution in [3.63, 3.8) is 0 Å². The van der Waals surface area contributed by atoms with Gasteiger partial charge in [-0.1, -0.05) is 0 Å². The molecule has 1 aromatic heterocycles. The molecule has 0 radical (unpaired) electrons. The van der Waals surface area contributed by atoms with Crippen LogP contribution in [0.1, 0.15) is 12.0 Å². The highest BCUT2D eigenvalue weighted by Crippen LogP contribution is 1.99. The van der Waals surface area contributed by atoms with Gasteiger partial charge in [0.2, 0.25) is 5.28 Å². The largest absolute Gasteiger partial charge is 0.330 e. The Morgan fingerprint density at radius 3 is 2.69 bits per heavy atom. The summed E-state index contributed by atoms with van der Waals surface area (Å²) in [6.45, 7) is 2.39. The first-order valence-electron chi connectivity index (χ1n) is 4.20. The van der Waals surface area contributed by atoms with Gasteiger partial charge in [-0.05, 0) is 31.1 Å². The van der Waals surface area contributed by atoms with E-state index in [0.29, 0.717) is 6.54 Å². The van der Waals surface area contributed by atoms with Crippen molar-refractivity contribution in [3.8, 4) is 0 Å². The van der Waals surface area contributed by atoms with Crippen molar-refractivity contribution in [2.24, 2.45) is 5.73 Å². The Hall–Kier alpha value is -0.710. The Morgan fingerprint density at radius 1 is 1.38 bits per heavy atom. The van der Waals surface area contributed by atoms with E-state index < -0.39 is 0 Å². The summed E-state index contributed by atoms with van der Waals surface area (Å²) in [6.07, 6.45) is 4.41. The first-order valence-corrected chi connectivity index (χ1v) is 4.58. The van der Waals surface area contributed by atoms with Gasteiger partial charge in [0.25, 0.3) is 0 Å². The van der Waals surface area contributed by atoms with Gasteiger partial charge in [-0.3, -0.25) is 0 Å². The van der Waals surface area contributed by atoms with Crippen molar-refractivity contribution in [2.75, 3.05) is 13.1 Å². The topological polar surface area (TPSA) is 63.8 Å². The highest BCUT2D eigenvalue weighted by Gasteiger charge is 1.93. The molecule has 0 saturated heterocycles. The average molecular weight is 201 g/mol. The van der Waals surface area contributed by atoms with E-state index in [2.05, 4.69) is 15.3 Å². The minimum atomic E-state index is 0.283. The quantitative estimate of drug-likeness (QED) is 0.539. The summed E-state index contributed by atoms with van der Waals surface area (Å²) >= 11 is 5.54. The molecule has 5 heteroatoms. The number of rotatable bonds is 5. The van der Waals surface area contributed by atoms with Crippen LogP contribution in [0.3, 0.4) is 0 Å². The van der Waals surface area contributed by atoms with Gasteiger partial charge in [-0.25, -0.2) is 9.97 Å². The number of aromatic nitrogens is 2. The van der Waals surface area contributed by atoms with Gasteiger partial charge in [0.1, 0.15) is 0 Å². The van der Waals surface area contributed by atoms with Crippen LogP contribution in [0, 0.1) is 0 Å². The highest BCUT2D eigenvalue weighted by molar-refractivity contribution is 6.28. The molecule has 13 heavy (non-hydrogen) atoms. The third-order valence-corrected chi connectivity index (χ3v) is 1.76. The van der Waals surface area contributed by atoms with Gasteiger partial charge in [0.05, 0.1) is 0 Å². The number of nitrogens with one attached hydrogen (secondary N) is 1. The van der Waals surface area contributed by atoms with E-state index in [9.17, 15) is 0 Å². The summed E-state index contributed by atoms with van der Waals surface area (Å²) in [4.78, 5) is 7.74. The molecule has 0 aliphatic carbocycles. The maximum Gasteiger partial charge on any atom is 0.222 e. The van der Waals surface area contributed by atoms with Crippen molar-refractivity contribution >= 4 is 11.6 Å². The molecule has 1 rings (SSSR count). The maximum atomic E-state index is 5.54. The molecule has 0 bridgehead atoms. The molecule has 0 amide bonds. The van der Waals surface area contributed by atoms with Gasteiger partial charge >= 0.3 is 0 Å². The number of halogens is 1. The third-order valence-electron chi connectivity index (χ3n) is 1.56. The van der Waals surface area contributed by atoms with Crippen LogP contribution in [0.5, 0.6) is 0 Å². The zero-order chi connectivity index (χ0) is 9.52. The predicted octanol–water partition coefficient (Wildman–Crippen LogP) is 0.568. The standard InChI is InChI=1S/C8H13ClN4/c9-8-12-5-7(6-13-8)4-11-3-1-2-10/h5-6,11H,1-4,10H2. The monoisotopic (exact) mass is 200 g/mol. The van der Waals surface area contributed by atoms with Crippen LogP contribution in [0.4, 0.5) is 0 Å². The molecular formula is C8H13ClN4. The molecule has 0 aliphatic rings. The SMILES string of the molecule is NCCCNCc1cnc(Cl)nc1. The summed E-state index contributed by atoms with van der Waals surface area (Å²) < 4.78 is 0. The second kappa shape index (κ2) is 5.85. The normalized spacial score (nSPS) is 10.3. The first kappa shape index (κ1) is 10.4. The summed E-state index contributed by atoms with van der Waals surface area (Å²) in [5.41, 5.74) is 6.37. The smallest absolute Gasteiger partial charge is 0.222 e. The van der Waals surface area contributed by atoms with Crippen LogP contribution in [0.15, 0.2) is 12.4 Å². The first-order chi connectivity index (χ1) is 6.33. The fourth-order valence-corrected chi connectivity index (χ4v) is 0.988. The molecule has 3 N–H and O–H groups in total. The summed E-state index contributed by atoms with van der Waals surface area (Å²) in [5.74, 6) is 0. The van der Waals surface area contributed by atoms with E-state index in [1.807, 2.05) is 0 Å².